The van der Waals surface area contributed by atoms with E-state index in [1.54, 1.807) is 0 Å². The van der Waals surface area contributed by atoms with Crippen molar-refractivity contribution < 1.29 is 9.32 Å². The zero-order valence-electron chi connectivity index (χ0n) is 10.4. The molecule has 0 saturated heterocycles. The lowest BCUT2D eigenvalue weighted by Crippen LogP contribution is -2.01. The number of benzene rings is 1. The molecule has 2 rings (SSSR count). The summed E-state index contributed by atoms with van der Waals surface area (Å²) in [4.78, 5) is 15.5. The molecule has 0 aliphatic rings. The fourth-order valence-electron chi connectivity index (χ4n) is 1.66. The molecule has 1 aromatic carbocycles. The second kappa shape index (κ2) is 6.10. The van der Waals surface area contributed by atoms with Gasteiger partial charge in [-0.2, -0.15) is 4.98 Å². The van der Waals surface area contributed by atoms with Crippen LogP contribution in [0.15, 0.2) is 34.9 Å². The summed E-state index contributed by atoms with van der Waals surface area (Å²) in [5.74, 6) is 1.20. The minimum Gasteiger partial charge on any atom is -0.339 e. The zero-order chi connectivity index (χ0) is 12.8. The van der Waals surface area contributed by atoms with Gasteiger partial charge in [0.15, 0.2) is 5.82 Å². The first-order valence-corrected chi connectivity index (χ1v) is 6.15. The summed E-state index contributed by atoms with van der Waals surface area (Å²) in [6.07, 6.45) is 2.35. The van der Waals surface area contributed by atoms with Crippen molar-refractivity contribution in [2.75, 3.05) is 0 Å². The summed E-state index contributed by atoms with van der Waals surface area (Å²) in [7, 11) is 0. The van der Waals surface area contributed by atoms with Crippen molar-refractivity contribution in [2.24, 2.45) is 0 Å². The summed E-state index contributed by atoms with van der Waals surface area (Å²) in [5, 5.41) is 3.88. The average molecular weight is 244 g/mol. The van der Waals surface area contributed by atoms with Crippen molar-refractivity contribution in [3.8, 4) is 0 Å². The fraction of sp³-hybridized carbons (Fsp3) is 0.357. The molecule has 0 atom stereocenters. The molecule has 0 unspecified atom stereocenters. The van der Waals surface area contributed by atoms with Crippen molar-refractivity contribution in [2.45, 2.75) is 32.6 Å². The van der Waals surface area contributed by atoms with E-state index in [2.05, 4.69) is 22.3 Å². The highest BCUT2D eigenvalue weighted by Gasteiger charge is 2.09. The third-order valence-electron chi connectivity index (χ3n) is 2.73. The minimum atomic E-state index is 0.119. The smallest absolute Gasteiger partial charge is 0.234 e. The minimum absolute atomic E-state index is 0.119. The molecular formula is C14H16N2O2. The van der Waals surface area contributed by atoms with Crippen LogP contribution in [0.5, 0.6) is 0 Å². The SMILES string of the molecule is CCC(=O)Cc1nc(CCc2ccccc2)no1. The molecule has 0 radical (unpaired) electrons. The zero-order valence-corrected chi connectivity index (χ0v) is 10.4. The highest BCUT2D eigenvalue weighted by Crippen LogP contribution is 2.06. The van der Waals surface area contributed by atoms with Gasteiger partial charge in [0.25, 0.3) is 0 Å². The Morgan fingerprint density at radius 3 is 2.72 bits per heavy atom. The molecular weight excluding hydrogens is 228 g/mol. The predicted molar refractivity (Wildman–Crippen MR) is 67.2 cm³/mol. The number of aromatic nitrogens is 2. The number of rotatable bonds is 6. The second-order valence-electron chi connectivity index (χ2n) is 4.16. The van der Waals surface area contributed by atoms with Gasteiger partial charge in [-0.1, -0.05) is 42.4 Å². The third kappa shape index (κ3) is 3.52. The molecule has 4 nitrogen and oxygen atoms in total. The number of nitrogens with zero attached hydrogens (tertiary/aromatic N) is 2. The Morgan fingerprint density at radius 2 is 2.00 bits per heavy atom. The van der Waals surface area contributed by atoms with Crippen molar-refractivity contribution in [3.63, 3.8) is 0 Å². The van der Waals surface area contributed by atoms with Crippen molar-refractivity contribution in [1.82, 2.24) is 10.1 Å². The number of hydrogen-bond acceptors (Lipinski definition) is 4. The molecule has 0 N–H and O–H groups in total. The molecule has 0 amide bonds. The number of carbonyl (C=O) groups is 1. The van der Waals surface area contributed by atoms with E-state index in [-0.39, 0.29) is 12.2 Å². The average Bonchev–Trinajstić information content (AvgIpc) is 2.85. The maximum Gasteiger partial charge on any atom is 0.234 e. The summed E-state index contributed by atoms with van der Waals surface area (Å²) < 4.78 is 5.04. The van der Waals surface area contributed by atoms with Gasteiger partial charge in [-0.15, -0.1) is 0 Å². The van der Waals surface area contributed by atoms with E-state index in [1.165, 1.54) is 5.56 Å². The summed E-state index contributed by atoms with van der Waals surface area (Å²) in [6.45, 7) is 1.83. The first-order valence-electron chi connectivity index (χ1n) is 6.15. The van der Waals surface area contributed by atoms with Crippen molar-refractivity contribution >= 4 is 5.78 Å². The number of aryl methyl sites for hydroxylation is 2. The van der Waals surface area contributed by atoms with Crippen LogP contribution in [0.25, 0.3) is 0 Å². The molecule has 2 aromatic rings. The van der Waals surface area contributed by atoms with E-state index in [4.69, 9.17) is 4.52 Å². The van der Waals surface area contributed by atoms with Gasteiger partial charge < -0.3 is 4.52 Å². The Kier molecular flexibility index (Phi) is 4.23. The monoisotopic (exact) mass is 244 g/mol. The Hall–Kier alpha value is -1.97. The number of ketones is 1. The van der Waals surface area contributed by atoms with Gasteiger partial charge in [-0.05, 0) is 12.0 Å². The molecule has 0 aliphatic heterocycles. The van der Waals surface area contributed by atoms with Crippen LogP contribution < -0.4 is 0 Å². The molecule has 0 fully saturated rings. The molecule has 1 heterocycles. The molecule has 0 aliphatic carbocycles. The van der Waals surface area contributed by atoms with Crippen LogP contribution in [0, 0.1) is 0 Å². The van der Waals surface area contributed by atoms with Gasteiger partial charge in [0.05, 0.1) is 6.42 Å². The van der Waals surface area contributed by atoms with Crippen LogP contribution in [-0.4, -0.2) is 15.9 Å². The van der Waals surface area contributed by atoms with Crippen LogP contribution in [0.3, 0.4) is 0 Å². The van der Waals surface area contributed by atoms with E-state index < -0.39 is 0 Å². The molecule has 18 heavy (non-hydrogen) atoms. The van der Waals surface area contributed by atoms with Crippen LogP contribution in [0.2, 0.25) is 0 Å². The van der Waals surface area contributed by atoms with Gasteiger partial charge in [-0.3, -0.25) is 4.79 Å². The van der Waals surface area contributed by atoms with Crippen molar-refractivity contribution in [1.29, 1.82) is 0 Å². The molecule has 0 saturated carbocycles. The summed E-state index contributed by atoms with van der Waals surface area (Å²) >= 11 is 0. The lowest BCUT2D eigenvalue weighted by Gasteiger charge is -1.96. The summed E-state index contributed by atoms with van der Waals surface area (Å²) in [6, 6.07) is 10.2. The Balaban J connectivity index is 1.89. The predicted octanol–water partition coefficient (Wildman–Crippen LogP) is 2.38. The lowest BCUT2D eigenvalue weighted by molar-refractivity contribution is -0.118. The van der Waals surface area contributed by atoms with Crippen LogP contribution in [0.4, 0.5) is 0 Å². The van der Waals surface area contributed by atoms with Gasteiger partial charge in [0.2, 0.25) is 5.89 Å². The molecule has 94 valence electrons. The number of carbonyl (C=O) groups excluding carboxylic acids is 1. The third-order valence-corrected chi connectivity index (χ3v) is 2.73. The lowest BCUT2D eigenvalue weighted by atomic mass is 10.1. The fourth-order valence-corrected chi connectivity index (χ4v) is 1.66. The van der Waals surface area contributed by atoms with Gasteiger partial charge in [-0.25, -0.2) is 0 Å². The van der Waals surface area contributed by atoms with E-state index in [0.717, 1.165) is 12.8 Å². The topological polar surface area (TPSA) is 56.0 Å². The maximum absolute atomic E-state index is 11.2. The van der Waals surface area contributed by atoms with E-state index in [9.17, 15) is 4.79 Å². The highest BCUT2D eigenvalue weighted by atomic mass is 16.5. The molecule has 1 aromatic heterocycles. The Bertz CT molecular complexity index is 506. The number of hydrogen-bond donors (Lipinski definition) is 0. The number of Topliss-reactive ketones (excluding diaryl/α,β-unsaturated/α-hetero) is 1. The maximum atomic E-state index is 11.2. The first kappa shape index (κ1) is 12.5. The normalized spacial score (nSPS) is 10.5. The van der Waals surface area contributed by atoms with E-state index in [0.29, 0.717) is 18.1 Å². The Labute approximate surface area is 106 Å². The molecule has 4 heteroatoms. The summed E-state index contributed by atoms with van der Waals surface area (Å²) in [5.41, 5.74) is 1.24. The van der Waals surface area contributed by atoms with Crippen LogP contribution >= 0.6 is 0 Å². The van der Waals surface area contributed by atoms with Gasteiger partial charge in [0.1, 0.15) is 5.78 Å². The first-order chi connectivity index (χ1) is 8.78. The second-order valence-corrected chi connectivity index (χ2v) is 4.16. The van der Waals surface area contributed by atoms with E-state index >= 15 is 0 Å². The van der Waals surface area contributed by atoms with Gasteiger partial charge >= 0.3 is 0 Å². The van der Waals surface area contributed by atoms with Crippen molar-refractivity contribution in [3.05, 3.63) is 47.6 Å². The standard InChI is InChI=1S/C14H16N2O2/c1-2-12(17)10-14-15-13(16-18-14)9-8-11-6-4-3-5-7-11/h3-7H,2,8-10H2,1H3. The van der Waals surface area contributed by atoms with Crippen LogP contribution in [0.1, 0.15) is 30.6 Å². The van der Waals surface area contributed by atoms with E-state index in [1.807, 2.05) is 25.1 Å². The molecule has 0 bridgehead atoms. The van der Waals surface area contributed by atoms with Crippen LogP contribution in [-0.2, 0) is 24.1 Å². The van der Waals surface area contributed by atoms with Gasteiger partial charge in [0, 0.05) is 12.8 Å². The largest absolute Gasteiger partial charge is 0.339 e. The molecule has 0 spiro atoms. The highest BCUT2D eigenvalue weighted by molar-refractivity contribution is 5.79. The Morgan fingerprint density at radius 1 is 1.22 bits per heavy atom. The quantitative estimate of drug-likeness (QED) is 0.782.